The van der Waals surface area contributed by atoms with Gasteiger partial charge in [0.05, 0.1) is 9.83 Å². The highest BCUT2D eigenvalue weighted by Crippen LogP contribution is 2.25. The number of amides is 1. The number of likely N-dealkylation sites (tertiary alicyclic amines) is 1. The van der Waals surface area contributed by atoms with Gasteiger partial charge in [0.1, 0.15) is 0 Å². The van der Waals surface area contributed by atoms with Gasteiger partial charge < -0.3 is 4.90 Å². The SMILES string of the molecule is CC1CC(C)CN(C(=O)C(C)N2CCN(Cc3ccc(Br)s3)CC2)C1. The summed E-state index contributed by atoms with van der Waals surface area (Å²) in [5.74, 6) is 1.58. The van der Waals surface area contributed by atoms with E-state index in [0.717, 1.165) is 45.8 Å². The molecule has 1 aromatic rings. The molecule has 4 nitrogen and oxygen atoms in total. The minimum atomic E-state index is 0.00975. The number of halogens is 1. The summed E-state index contributed by atoms with van der Waals surface area (Å²) in [6.45, 7) is 13.6. The second-order valence-corrected chi connectivity index (χ2v) is 10.4. The van der Waals surface area contributed by atoms with Gasteiger partial charge in [-0.05, 0) is 53.2 Å². The number of hydrogen-bond donors (Lipinski definition) is 0. The molecule has 3 heterocycles. The first-order valence-corrected chi connectivity index (χ1v) is 11.0. The standard InChI is InChI=1S/C19H30BrN3OS/c1-14-10-15(2)12-23(11-14)19(24)16(3)22-8-6-21(7-9-22)13-17-4-5-18(20)25-17/h4-5,14-16H,6-13H2,1-3H3. The molecular weight excluding hydrogens is 398 g/mol. The lowest BCUT2D eigenvalue weighted by Crippen LogP contribution is -2.56. The van der Waals surface area contributed by atoms with Crippen molar-refractivity contribution in [3.05, 3.63) is 20.8 Å². The molecule has 140 valence electrons. The maximum Gasteiger partial charge on any atom is 0.239 e. The third-order valence-corrected chi connectivity index (χ3v) is 7.11. The monoisotopic (exact) mass is 427 g/mol. The van der Waals surface area contributed by atoms with Crippen LogP contribution in [0.25, 0.3) is 0 Å². The highest BCUT2D eigenvalue weighted by atomic mass is 79.9. The number of thiophene rings is 1. The first-order valence-electron chi connectivity index (χ1n) is 9.41. The Morgan fingerprint density at radius 3 is 2.40 bits per heavy atom. The van der Waals surface area contributed by atoms with Crippen molar-refractivity contribution in [2.24, 2.45) is 11.8 Å². The molecule has 3 atom stereocenters. The molecule has 2 aliphatic heterocycles. The van der Waals surface area contributed by atoms with Gasteiger partial charge in [0.15, 0.2) is 0 Å². The van der Waals surface area contributed by atoms with E-state index in [1.165, 1.54) is 15.1 Å². The van der Waals surface area contributed by atoms with Crippen LogP contribution in [0.2, 0.25) is 0 Å². The molecule has 1 aromatic heterocycles. The largest absolute Gasteiger partial charge is 0.341 e. The van der Waals surface area contributed by atoms with Crippen molar-refractivity contribution in [1.82, 2.24) is 14.7 Å². The molecule has 0 bridgehead atoms. The van der Waals surface area contributed by atoms with E-state index in [-0.39, 0.29) is 6.04 Å². The summed E-state index contributed by atoms with van der Waals surface area (Å²) in [5, 5.41) is 0. The van der Waals surface area contributed by atoms with Crippen LogP contribution in [0.15, 0.2) is 15.9 Å². The van der Waals surface area contributed by atoms with E-state index < -0.39 is 0 Å². The molecule has 0 aliphatic carbocycles. The Morgan fingerprint density at radius 1 is 1.20 bits per heavy atom. The minimum absolute atomic E-state index is 0.00975. The van der Waals surface area contributed by atoms with Crippen molar-refractivity contribution in [1.29, 1.82) is 0 Å². The van der Waals surface area contributed by atoms with Crippen molar-refractivity contribution in [2.75, 3.05) is 39.3 Å². The number of piperazine rings is 1. The highest BCUT2D eigenvalue weighted by Gasteiger charge is 2.32. The molecule has 2 aliphatic rings. The Kier molecular flexibility index (Phi) is 6.58. The lowest BCUT2D eigenvalue weighted by molar-refractivity contribution is -0.139. The predicted octanol–water partition coefficient (Wildman–Crippen LogP) is 3.52. The number of carbonyl (C=O) groups excluding carboxylic acids is 1. The normalized spacial score (nSPS) is 27.4. The van der Waals surface area contributed by atoms with Crippen molar-refractivity contribution in [3.63, 3.8) is 0 Å². The van der Waals surface area contributed by atoms with E-state index in [1.54, 1.807) is 0 Å². The average molecular weight is 428 g/mol. The smallest absolute Gasteiger partial charge is 0.239 e. The van der Waals surface area contributed by atoms with Crippen molar-refractivity contribution >= 4 is 33.2 Å². The van der Waals surface area contributed by atoms with Crippen LogP contribution >= 0.6 is 27.3 Å². The Bertz CT molecular complexity index is 575. The van der Waals surface area contributed by atoms with Crippen LogP contribution in [0.3, 0.4) is 0 Å². The molecule has 3 unspecified atom stereocenters. The molecule has 0 N–H and O–H groups in total. The summed E-state index contributed by atoms with van der Waals surface area (Å²) < 4.78 is 1.20. The van der Waals surface area contributed by atoms with Crippen molar-refractivity contribution in [3.8, 4) is 0 Å². The van der Waals surface area contributed by atoms with E-state index in [4.69, 9.17) is 0 Å². The number of rotatable bonds is 4. The minimum Gasteiger partial charge on any atom is -0.341 e. The van der Waals surface area contributed by atoms with Crippen LogP contribution in [0.4, 0.5) is 0 Å². The summed E-state index contributed by atoms with van der Waals surface area (Å²) in [6, 6.07) is 4.33. The Hall–Kier alpha value is -0.430. The fraction of sp³-hybridized carbons (Fsp3) is 0.737. The van der Waals surface area contributed by atoms with E-state index in [2.05, 4.69) is 63.5 Å². The van der Waals surface area contributed by atoms with E-state index >= 15 is 0 Å². The van der Waals surface area contributed by atoms with Crippen LogP contribution in [0, 0.1) is 11.8 Å². The number of hydrogen-bond acceptors (Lipinski definition) is 4. The third-order valence-electron chi connectivity index (χ3n) is 5.50. The van der Waals surface area contributed by atoms with Crippen LogP contribution in [0.1, 0.15) is 32.1 Å². The van der Waals surface area contributed by atoms with Gasteiger partial charge >= 0.3 is 0 Å². The van der Waals surface area contributed by atoms with E-state index in [0.29, 0.717) is 17.7 Å². The van der Waals surface area contributed by atoms with Gasteiger partial charge in [-0.15, -0.1) is 11.3 Å². The van der Waals surface area contributed by atoms with Gasteiger partial charge in [-0.3, -0.25) is 14.6 Å². The van der Waals surface area contributed by atoms with Gasteiger partial charge in [0.2, 0.25) is 5.91 Å². The van der Waals surface area contributed by atoms with Gasteiger partial charge in [-0.25, -0.2) is 0 Å². The highest BCUT2D eigenvalue weighted by molar-refractivity contribution is 9.11. The molecule has 2 fully saturated rings. The topological polar surface area (TPSA) is 26.8 Å². The average Bonchev–Trinajstić information content (AvgIpc) is 2.98. The second kappa shape index (κ2) is 8.51. The van der Waals surface area contributed by atoms with Crippen LogP contribution in [-0.2, 0) is 11.3 Å². The molecule has 0 aromatic carbocycles. The molecule has 0 spiro atoms. The Balaban J connectivity index is 1.49. The maximum absolute atomic E-state index is 12.9. The fourth-order valence-electron chi connectivity index (χ4n) is 4.23. The summed E-state index contributed by atoms with van der Waals surface area (Å²) in [6.07, 6.45) is 1.25. The molecular formula is C19H30BrN3OS. The summed E-state index contributed by atoms with van der Waals surface area (Å²) in [5.41, 5.74) is 0. The zero-order valence-electron chi connectivity index (χ0n) is 15.6. The zero-order valence-corrected chi connectivity index (χ0v) is 18.0. The summed E-state index contributed by atoms with van der Waals surface area (Å²) >= 11 is 5.35. The number of nitrogens with zero attached hydrogens (tertiary/aromatic N) is 3. The molecule has 0 radical (unpaired) electrons. The van der Waals surface area contributed by atoms with Crippen LogP contribution in [0.5, 0.6) is 0 Å². The molecule has 6 heteroatoms. The zero-order chi connectivity index (χ0) is 18.0. The van der Waals surface area contributed by atoms with Crippen molar-refractivity contribution < 1.29 is 4.79 Å². The van der Waals surface area contributed by atoms with Crippen LogP contribution in [-0.4, -0.2) is 65.9 Å². The number of piperidine rings is 1. The van der Waals surface area contributed by atoms with Gasteiger partial charge in [-0.2, -0.15) is 0 Å². The second-order valence-electron chi connectivity index (χ2n) is 7.88. The number of carbonyl (C=O) groups is 1. The third kappa shape index (κ3) is 5.06. The van der Waals surface area contributed by atoms with Crippen LogP contribution < -0.4 is 0 Å². The van der Waals surface area contributed by atoms with Gasteiger partial charge in [-0.1, -0.05) is 13.8 Å². The Labute approximate surface area is 164 Å². The predicted molar refractivity (Wildman–Crippen MR) is 108 cm³/mol. The summed E-state index contributed by atoms with van der Waals surface area (Å²) in [7, 11) is 0. The lowest BCUT2D eigenvalue weighted by Gasteiger charge is -2.41. The molecule has 25 heavy (non-hydrogen) atoms. The fourth-order valence-corrected chi connectivity index (χ4v) is 5.75. The van der Waals surface area contributed by atoms with Gasteiger partial charge in [0, 0.05) is 50.7 Å². The molecule has 2 saturated heterocycles. The molecule has 0 saturated carbocycles. The van der Waals surface area contributed by atoms with E-state index in [1.807, 2.05) is 11.3 Å². The lowest BCUT2D eigenvalue weighted by atomic mass is 9.91. The van der Waals surface area contributed by atoms with E-state index in [9.17, 15) is 4.79 Å². The van der Waals surface area contributed by atoms with Gasteiger partial charge in [0.25, 0.3) is 0 Å². The Morgan fingerprint density at radius 2 is 1.84 bits per heavy atom. The quantitative estimate of drug-likeness (QED) is 0.734. The maximum atomic E-state index is 12.9. The van der Waals surface area contributed by atoms with Crippen molar-refractivity contribution in [2.45, 2.75) is 39.8 Å². The first-order chi connectivity index (χ1) is 11.9. The summed E-state index contributed by atoms with van der Waals surface area (Å²) in [4.78, 5) is 21.3. The molecule has 3 rings (SSSR count). The first kappa shape index (κ1) is 19.3. The molecule has 1 amide bonds.